The second kappa shape index (κ2) is 12.7. The maximum atomic E-state index is 14.4. The van der Waals surface area contributed by atoms with Gasteiger partial charge >= 0.3 is 6.01 Å². The van der Waals surface area contributed by atoms with E-state index in [9.17, 15) is 14.9 Å². The number of hydrogen-bond donors (Lipinski definition) is 0. The molecular formula is C32H34ClN7O4. The van der Waals surface area contributed by atoms with Crippen LogP contribution in [0.25, 0.3) is 10.8 Å². The predicted molar refractivity (Wildman–Crippen MR) is 167 cm³/mol. The molecule has 4 heterocycles. The number of hydrogen-bond acceptors (Lipinski definition) is 9. The molecule has 0 spiro atoms. The standard InChI is InChI=1S/C32H34ClN7O4/c1-3-26(41)39-16-15-38(19-22(39)12-13-34)30-29-28(35-32(36-30)44-20-23-9-6-14-37(23)2)31(42)40(17-18-43-29)25-11-5-8-21-7-4-10-24(33)27(21)25/h3-5,7-8,10-11,22-23H,1,6,9,12,14-20H2,2H3/t22-,23-/m0/s1. The number of piperazine rings is 1. The Bertz CT molecular complexity index is 1640. The van der Waals surface area contributed by atoms with Gasteiger partial charge in [-0.05, 0) is 50.0 Å². The fourth-order valence-corrected chi connectivity index (χ4v) is 6.55. The van der Waals surface area contributed by atoms with Gasteiger partial charge in [0.2, 0.25) is 5.91 Å². The van der Waals surface area contributed by atoms with Crippen molar-refractivity contribution in [1.29, 1.82) is 5.26 Å². The highest BCUT2D eigenvalue weighted by molar-refractivity contribution is 6.37. The average Bonchev–Trinajstić information content (AvgIpc) is 3.38. The molecule has 3 aliphatic rings. The van der Waals surface area contributed by atoms with E-state index in [0.29, 0.717) is 42.8 Å². The number of likely N-dealkylation sites (tertiary alicyclic amines) is 1. The van der Waals surface area contributed by atoms with Gasteiger partial charge in [-0.15, -0.1) is 0 Å². The van der Waals surface area contributed by atoms with Gasteiger partial charge in [0, 0.05) is 31.1 Å². The summed E-state index contributed by atoms with van der Waals surface area (Å²) in [4.78, 5) is 43.8. The molecule has 6 rings (SSSR count). The molecule has 3 aromatic rings. The summed E-state index contributed by atoms with van der Waals surface area (Å²) in [6.07, 6.45) is 3.49. The van der Waals surface area contributed by atoms with Gasteiger partial charge in [0.25, 0.3) is 5.91 Å². The molecule has 2 fully saturated rings. The molecule has 11 nitrogen and oxygen atoms in total. The zero-order chi connectivity index (χ0) is 30.8. The molecule has 2 amide bonds. The van der Waals surface area contributed by atoms with Crippen molar-refractivity contribution in [2.45, 2.75) is 31.3 Å². The molecule has 228 valence electrons. The van der Waals surface area contributed by atoms with Gasteiger partial charge in [-0.25, -0.2) is 0 Å². The van der Waals surface area contributed by atoms with Crippen LogP contribution in [-0.4, -0.2) is 96.7 Å². The maximum absolute atomic E-state index is 14.4. The normalized spacial score (nSPS) is 20.6. The van der Waals surface area contributed by atoms with Crippen molar-refractivity contribution >= 4 is 45.7 Å². The molecule has 0 aliphatic carbocycles. The Labute approximate surface area is 261 Å². The molecular weight excluding hydrogens is 582 g/mol. The van der Waals surface area contributed by atoms with Crippen LogP contribution >= 0.6 is 11.6 Å². The number of anilines is 2. The number of nitrogens with zero attached hydrogens (tertiary/aromatic N) is 7. The Morgan fingerprint density at radius 3 is 2.75 bits per heavy atom. The van der Waals surface area contributed by atoms with E-state index < -0.39 is 6.04 Å². The number of ether oxygens (including phenoxy) is 2. The zero-order valence-electron chi connectivity index (χ0n) is 24.6. The molecule has 2 saturated heterocycles. The number of carbonyl (C=O) groups excluding carboxylic acids is 2. The van der Waals surface area contributed by atoms with Crippen LogP contribution in [0.3, 0.4) is 0 Å². The van der Waals surface area contributed by atoms with Gasteiger partial charge in [-0.1, -0.05) is 42.4 Å². The van der Waals surface area contributed by atoms with Gasteiger partial charge in [0.05, 0.1) is 35.8 Å². The van der Waals surface area contributed by atoms with E-state index in [4.69, 9.17) is 26.1 Å². The summed E-state index contributed by atoms with van der Waals surface area (Å²) in [5.74, 6) is 0.0790. The Morgan fingerprint density at radius 2 is 2.00 bits per heavy atom. The summed E-state index contributed by atoms with van der Waals surface area (Å²) in [7, 11) is 2.06. The van der Waals surface area contributed by atoms with Crippen LogP contribution in [0.4, 0.5) is 11.5 Å². The lowest BCUT2D eigenvalue weighted by molar-refractivity contribution is -0.128. The molecule has 0 N–H and O–H groups in total. The maximum Gasteiger partial charge on any atom is 0.319 e. The highest BCUT2D eigenvalue weighted by atomic mass is 35.5. The lowest BCUT2D eigenvalue weighted by Crippen LogP contribution is -2.55. The minimum Gasteiger partial charge on any atom is -0.486 e. The molecule has 44 heavy (non-hydrogen) atoms. The van der Waals surface area contributed by atoms with Gasteiger partial charge in [0.1, 0.15) is 13.2 Å². The number of halogens is 1. The first kappa shape index (κ1) is 29.7. The van der Waals surface area contributed by atoms with E-state index in [1.165, 1.54) is 6.08 Å². The highest BCUT2D eigenvalue weighted by Gasteiger charge is 2.36. The van der Waals surface area contributed by atoms with Crippen molar-refractivity contribution in [3.8, 4) is 17.8 Å². The molecule has 0 bridgehead atoms. The quantitative estimate of drug-likeness (QED) is 0.365. The number of aromatic nitrogens is 2. The molecule has 2 atom stereocenters. The number of benzene rings is 2. The van der Waals surface area contributed by atoms with E-state index in [1.54, 1.807) is 15.9 Å². The summed E-state index contributed by atoms with van der Waals surface area (Å²) >= 11 is 6.64. The Hall–Kier alpha value is -4.40. The summed E-state index contributed by atoms with van der Waals surface area (Å²) in [6, 6.07) is 13.5. The topological polar surface area (TPSA) is 115 Å². The summed E-state index contributed by atoms with van der Waals surface area (Å²) in [6.45, 7) is 6.53. The van der Waals surface area contributed by atoms with Crippen molar-refractivity contribution in [1.82, 2.24) is 19.8 Å². The first-order valence-electron chi connectivity index (χ1n) is 14.8. The van der Waals surface area contributed by atoms with Crippen LogP contribution in [0.15, 0.2) is 49.1 Å². The number of nitriles is 1. The molecule has 1 aromatic heterocycles. The molecule has 0 saturated carbocycles. The fraction of sp³-hybridized carbons (Fsp3) is 0.406. The lowest BCUT2D eigenvalue weighted by atomic mass is 10.1. The minimum absolute atomic E-state index is 0.0789. The van der Waals surface area contributed by atoms with Crippen molar-refractivity contribution in [3.05, 3.63) is 59.8 Å². The van der Waals surface area contributed by atoms with Crippen molar-refractivity contribution < 1.29 is 19.1 Å². The molecule has 2 aromatic carbocycles. The third-order valence-electron chi connectivity index (χ3n) is 8.60. The number of rotatable bonds is 7. The third-order valence-corrected chi connectivity index (χ3v) is 8.92. The van der Waals surface area contributed by atoms with Gasteiger partial charge < -0.3 is 29.1 Å². The van der Waals surface area contributed by atoms with Crippen LogP contribution in [0.2, 0.25) is 5.02 Å². The zero-order valence-corrected chi connectivity index (χ0v) is 25.4. The average molecular weight is 616 g/mol. The second-order valence-corrected chi connectivity index (χ2v) is 11.6. The van der Waals surface area contributed by atoms with E-state index in [-0.39, 0.29) is 54.9 Å². The van der Waals surface area contributed by atoms with E-state index in [0.717, 1.165) is 30.2 Å². The van der Waals surface area contributed by atoms with Gasteiger partial charge in [0.15, 0.2) is 17.3 Å². The molecule has 3 aliphatic heterocycles. The first-order chi connectivity index (χ1) is 21.4. The van der Waals surface area contributed by atoms with E-state index >= 15 is 0 Å². The Balaban J connectivity index is 1.40. The largest absolute Gasteiger partial charge is 0.486 e. The molecule has 0 unspecified atom stereocenters. The second-order valence-electron chi connectivity index (χ2n) is 11.2. The van der Waals surface area contributed by atoms with Crippen molar-refractivity contribution in [2.75, 3.05) is 62.8 Å². The van der Waals surface area contributed by atoms with Crippen LogP contribution < -0.4 is 19.3 Å². The van der Waals surface area contributed by atoms with Gasteiger partial charge in [-0.3, -0.25) is 9.59 Å². The summed E-state index contributed by atoms with van der Waals surface area (Å²) in [5, 5.41) is 11.7. The summed E-state index contributed by atoms with van der Waals surface area (Å²) in [5.41, 5.74) is 0.753. The number of amides is 2. The SMILES string of the molecule is C=CC(=O)N1CCN(c2nc(OC[C@@H]3CCCN3C)nc3c2OCCN(c2cccc4cccc(Cl)c24)C3=O)C[C@@H]1CC#N. The van der Waals surface area contributed by atoms with Crippen LogP contribution in [0.5, 0.6) is 11.8 Å². The minimum atomic E-state index is -0.392. The molecule has 12 heteroatoms. The van der Waals surface area contributed by atoms with Crippen LogP contribution in [-0.2, 0) is 4.79 Å². The van der Waals surface area contributed by atoms with Crippen LogP contribution in [0, 0.1) is 11.3 Å². The Kier molecular flexibility index (Phi) is 8.55. The number of likely N-dealkylation sites (N-methyl/N-ethyl adjacent to an activating group) is 1. The monoisotopic (exact) mass is 615 g/mol. The van der Waals surface area contributed by atoms with Crippen LogP contribution in [0.1, 0.15) is 29.8 Å². The third kappa shape index (κ3) is 5.63. The fourth-order valence-electron chi connectivity index (χ4n) is 6.27. The Morgan fingerprint density at radius 1 is 1.18 bits per heavy atom. The van der Waals surface area contributed by atoms with Gasteiger partial charge in [-0.2, -0.15) is 15.2 Å². The van der Waals surface area contributed by atoms with E-state index in [2.05, 4.69) is 29.6 Å². The highest BCUT2D eigenvalue weighted by Crippen LogP contribution is 2.39. The summed E-state index contributed by atoms with van der Waals surface area (Å²) < 4.78 is 12.4. The van der Waals surface area contributed by atoms with Crippen molar-refractivity contribution in [2.24, 2.45) is 0 Å². The number of carbonyl (C=O) groups is 2. The first-order valence-corrected chi connectivity index (χ1v) is 15.2. The molecule has 0 radical (unpaired) electrons. The van der Waals surface area contributed by atoms with Crippen molar-refractivity contribution in [3.63, 3.8) is 0 Å². The van der Waals surface area contributed by atoms with E-state index in [1.807, 2.05) is 35.2 Å². The lowest BCUT2D eigenvalue weighted by Gasteiger charge is -2.41. The number of fused-ring (bicyclic) bond motifs is 2. The smallest absolute Gasteiger partial charge is 0.319 e. The predicted octanol–water partition coefficient (Wildman–Crippen LogP) is 3.91.